The quantitative estimate of drug-likeness (QED) is 0.512. The Morgan fingerprint density at radius 2 is 1.58 bits per heavy atom. The summed E-state index contributed by atoms with van der Waals surface area (Å²) in [5.41, 5.74) is 4.56. The van der Waals surface area contributed by atoms with Crippen LogP contribution in [-0.2, 0) is 21.2 Å². The van der Waals surface area contributed by atoms with Gasteiger partial charge in [0.1, 0.15) is 5.75 Å². The van der Waals surface area contributed by atoms with Gasteiger partial charge >= 0.3 is 0 Å². The molecule has 6 heteroatoms. The molecule has 0 radical (unpaired) electrons. The van der Waals surface area contributed by atoms with Gasteiger partial charge in [-0.15, -0.1) is 0 Å². The summed E-state index contributed by atoms with van der Waals surface area (Å²) in [4.78, 5) is 12.3. The van der Waals surface area contributed by atoms with E-state index in [4.69, 9.17) is 0 Å². The third-order valence-electron chi connectivity index (χ3n) is 3.92. The van der Waals surface area contributed by atoms with Crippen LogP contribution in [0.3, 0.4) is 0 Å². The van der Waals surface area contributed by atoms with Crippen LogP contribution in [0.25, 0.3) is 0 Å². The molecule has 0 fully saturated rings. The maximum Gasteiger partial charge on any atom is 0.253 e. The van der Waals surface area contributed by atoms with Crippen LogP contribution in [0.15, 0.2) is 60.7 Å². The van der Waals surface area contributed by atoms with E-state index in [1.807, 2.05) is 67.6 Å². The molecule has 0 atom stereocenters. The van der Waals surface area contributed by atoms with Crippen LogP contribution in [-0.4, -0.2) is 25.8 Å². The number of hydrogen-bond donors (Lipinski definition) is 1. The minimum absolute atomic E-state index is 0.0539. The SMILES string of the molecule is CCCCCS(=O)(=O)CC(=O)NN(Cc1ccccc1)c1ccccc1. The van der Waals surface area contributed by atoms with Crippen molar-refractivity contribution in [2.75, 3.05) is 16.5 Å². The predicted octanol–water partition coefficient (Wildman–Crippen LogP) is 3.33. The molecule has 26 heavy (non-hydrogen) atoms. The molecule has 0 heterocycles. The van der Waals surface area contributed by atoms with Crippen LogP contribution >= 0.6 is 0 Å². The fraction of sp³-hybridized carbons (Fsp3) is 0.350. The molecule has 5 nitrogen and oxygen atoms in total. The molecule has 2 rings (SSSR count). The number of para-hydroxylation sites is 1. The highest BCUT2D eigenvalue weighted by Crippen LogP contribution is 2.14. The second-order valence-electron chi connectivity index (χ2n) is 6.24. The van der Waals surface area contributed by atoms with Gasteiger partial charge in [-0.05, 0) is 24.1 Å². The molecule has 0 spiro atoms. The Kier molecular flexibility index (Phi) is 7.66. The van der Waals surface area contributed by atoms with Gasteiger partial charge in [-0.25, -0.2) is 8.42 Å². The molecule has 140 valence electrons. The fourth-order valence-corrected chi connectivity index (χ4v) is 3.85. The largest absolute Gasteiger partial charge is 0.281 e. The maximum absolute atomic E-state index is 12.3. The van der Waals surface area contributed by atoms with Crippen LogP contribution in [0.5, 0.6) is 0 Å². The average Bonchev–Trinajstić information content (AvgIpc) is 2.62. The molecule has 0 aliphatic rings. The lowest BCUT2D eigenvalue weighted by molar-refractivity contribution is -0.118. The normalized spacial score (nSPS) is 11.1. The highest BCUT2D eigenvalue weighted by atomic mass is 32.2. The lowest BCUT2D eigenvalue weighted by atomic mass is 10.2. The summed E-state index contributed by atoms with van der Waals surface area (Å²) < 4.78 is 24.2. The molecule has 2 aromatic rings. The van der Waals surface area contributed by atoms with Crippen molar-refractivity contribution in [1.29, 1.82) is 0 Å². The number of anilines is 1. The molecule has 0 bridgehead atoms. The number of sulfone groups is 1. The predicted molar refractivity (Wildman–Crippen MR) is 105 cm³/mol. The number of carbonyl (C=O) groups is 1. The molecule has 0 unspecified atom stereocenters. The van der Waals surface area contributed by atoms with Crippen molar-refractivity contribution in [1.82, 2.24) is 5.43 Å². The van der Waals surface area contributed by atoms with Gasteiger partial charge < -0.3 is 0 Å². The number of nitrogens with one attached hydrogen (secondary N) is 1. The van der Waals surface area contributed by atoms with E-state index in [1.165, 1.54) is 0 Å². The zero-order valence-electron chi connectivity index (χ0n) is 15.1. The van der Waals surface area contributed by atoms with E-state index in [0.29, 0.717) is 13.0 Å². The zero-order chi connectivity index (χ0) is 18.8. The number of benzene rings is 2. The topological polar surface area (TPSA) is 66.5 Å². The number of nitrogens with zero attached hydrogens (tertiary/aromatic N) is 1. The summed E-state index contributed by atoms with van der Waals surface area (Å²) >= 11 is 0. The first-order chi connectivity index (χ1) is 12.5. The smallest absolute Gasteiger partial charge is 0.253 e. The van der Waals surface area contributed by atoms with Crippen molar-refractivity contribution in [2.24, 2.45) is 0 Å². The first-order valence-electron chi connectivity index (χ1n) is 8.86. The van der Waals surface area contributed by atoms with E-state index in [0.717, 1.165) is 24.1 Å². The summed E-state index contributed by atoms with van der Waals surface area (Å²) in [6, 6.07) is 19.1. The van der Waals surface area contributed by atoms with Crippen molar-refractivity contribution in [2.45, 2.75) is 32.7 Å². The molecular formula is C20H26N2O3S. The summed E-state index contributed by atoms with van der Waals surface area (Å²) in [6.45, 7) is 2.47. The van der Waals surface area contributed by atoms with E-state index in [-0.39, 0.29) is 5.75 Å². The molecular weight excluding hydrogens is 348 g/mol. The van der Waals surface area contributed by atoms with E-state index < -0.39 is 21.5 Å². The van der Waals surface area contributed by atoms with Crippen LogP contribution in [0.2, 0.25) is 0 Å². The molecule has 0 aliphatic heterocycles. The van der Waals surface area contributed by atoms with E-state index in [2.05, 4.69) is 5.43 Å². The van der Waals surface area contributed by atoms with Crippen LogP contribution in [0.1, 0.15) is 31.7 Å². The van der Waals surface area contributed by atoms with Crippen molar-refractivity contribution < 1.29 is 13.2 Å². The Bertz CT molecular complexity index is 777. The number of unbranched alkanes of at least 4 members (excludes halogenated alkanes) is 2. The standard InChI is InChI=1S/C20H26N2O3S/c1-2-3-10-15-26(24,25)17-20(23)21-22(19-13-8-5-9-14-19)16-18-11-6-4-7-12-18/h4-9,11-14H,2-3,10,15-17H2,1H3,(H,21,23). The summed E-state index contributed by atoms with van der Waals surface area (Å²) in [5.74, 6) is -0.950. The zero-order valence-corrected chi connectivity index (χ0v) is 15.9. The second kappa shape index (κ2) is 9.97. The minimum atomic E-state index is -3.39. The van der Waals surface area contributed by atoms with Gasteiger partial charge in [-0.1, -0.05) is 68.3 Å². The average molecular weight is 375 g/mol. The van der Waals surface area contributed by atoms with Crippen molar-refractivity contribution in [3.8, 4) is 0 Å². The Balaban J connectivity index is 2.05. The molecule has 0 aromatic heterocycles. The lowest BCUT2D eigenvalue weighted by Crippen LogP contribution is -2.44. The Morgan fingerprint density at radius 3 is 2.19 bits per heavy atom. The summed E-state index contributed by atoms with van der Waals surface area (Å²) in [5, 5.41) is 1.68. The third kappa shape index (κ3) is 6.88. The molecule has 0 saturated carbocycles. The number of amides is 1. The van der Waals surface area contributed by atoms with Gasteiger partial charge in [0, 0.05) is 0 Å². The number of hydrazine groups is 1. The number of rotatable bonds is 10. The third-order valence-corrected chi connectivity index (χ3v) is 5.53. The van der Waals surface area contributed by atoms with Gasteiger partial charge in [0.15, 0.2) is 9.84 Å². The van der Waals surface area contributed by atoms with E-state index in [9.17, 15) is 13.2 Å². The molecule has 2 aromatic carbocycles. The van der Waals surface area contributed by atoms with Gasteiger partial charge in [0.25, 0.3) is 5.91 Å². The minimum Gasteiger partial charge on any atom is -0.281 e. The van der Waals surface area contributed by atoms with Crippen LogP contribution < -0.4 is 10.4 Å². The fourth-order valence-electron chi connectivity index (χ4n) is 2.60. The Hall–Kier alpha value is -2.34. The van der Waals surface area contributed by atoms with E-state index in [1.54, 1.807) is 5.01 Å². The van der Waals surface area contributed by atoms with Crippen molar-refractivity contribution in [3.05, 3.63) is 66.2 Å². The van der Waals surface area contributed by atoms with Gasteiger partial charge in [0.2, 0.25) is 0 Å². The number of hydrogen-bond acceptors (Lipinski definition) is 4. The van der Waals surface area contributed by atoms with E-state index >= 15 is 0 Å². The first kappa shape index (κ1) is 20.0. The van der Waals surface area contributed by atoms with Crippen LogP contribution in [0, 0.1) is 0 Å². The first-order valence-corrected chi connectivity index (χ1v) is 10.7. The van der Waals surface area contributed by atoms with Gasteiger partial charge in [0.05, 0.1) is 18.0 Å². The monoisotopic (exact) mass is 374 g/mol. The second-order valence-corrected chi connectivity index (χ2v) is 8.43. The van der Waals surface area contributed by atoms with Gasteiger partial charge in [-0.3, -0.25) is 15.2 Å². The maximum atomic E-state index is 12.3. The van der Waals surface area contributed by atoms with Crippen molar-refractivity contribution in [3.63, 3.8) is 0 Å². The van der Waals surface area contributed by atoms with Gasteiger partial charge in [-0.2, -0.15) is 0 Å². The highest BCUT2D eigenvalue weighted by molar-refractivity contribution is 7.92. The van der Waals surface area contributed by atoms with Crippen LogP contribution in [0.4, 0.5) is 5.69 Å². The molecule has 0 aliphatic carbocycles. The summed E-state index contributed by atoms with van der Waals surface area (Å²) in [7, 11) is -3.39. The lowest BCUT2D eigenvalue weighted by Gasteiger charge is -2.25. The Labute approximate surface area is 155 Å². The highest BCUT2D eigenvalue weighted by Gasteiger charge is 2.19. The Morgan fingerprint density at radius 1 is 0.962 bits per heavy atom. The van der Waals surface area contributed by atoms with Crippen molar-refractivity contribution >= 4 is 21.4 Å². The summed E-state index contributed by atoms with van der Waals surface area (Å²) in [6.07, 6.45) is 2.39. The molecule has 0 saturated heterocycles. The molecule has 1 N–H and O–H groups in total. The molecule has 1 amide bonds. The number of carbonyl (C=O) groups excluding carboxylic acids is 1.